The molecule has 0 unspecified atom stereocenters. The number of allylic oxidation sites excluding steroid dienone is 2. The maximum Gasteiger partial charge on any atom is 0.199 e. The minimum atomic E-state index is -0.364. The number of hydrogen-bond donors (Lipinski definition) is 1. The van der Waals surface area contributed by atoms with Gasteiger partial charge in [0.05, 0.1) is 6.61 Å². The molecule has 0 spiro atoms. The van der Waals surface area contributed by atoms with E-state index >= 15 is 0 Å². The van der Waals surface area contributed by atoms with E-state index in [0.29, 0.717) is 0 Å². The summed E-state index contributed by atoms with van der Waals surface area (Å²) in [6, 6.07) is 0. The molecule has 0 bridgehead atoms. The van der Waals surface area contributed by atoms with Gasteiger partial charge >= 0.3 is 0 Å². The van der Waals surface area contributed by atoms with E-state index in [1.807, 2.05) is 4.08 Å². The van der Waals surface area contributed by atoms with Crippen LogP contribution < -0.4 is 0 Å². The molecule has 0 aromatic carbocycles. The van der Waals surface area contributed by atoms with Crippen LogP contribution in [-0.4, -0.2) is 21.7 Å². The lowest BCUT2D eigenvalue weighted by Crippen LogP contribution is -2.21. The maximum atomic E-state index is 9.24. The quantitative estimate of drug-likeness (QED) is 0.795. The second kappa shape index (κ2) is 5.49. The van der Waals surface area contributed by atoms with E-state index in [4.69, 9.17) is 9.47 Å². The van der Waals surface area contributed by atoms with Crippen LogP contribution in [0.1, 0.15) is 19.3 Å². The highest BCUT2D eigenvalue weighted by Crippen LogP contribution is 2.20. The number of aliphatic hydroxyl groups is 1. The second-order valence-corrected chi connectivity index (χ2v) is 5.13. The average Bonchev–Trinajstić information content (AvgIpc) is 2.46. The van der Waals surface area contributed by atoms with Crippen molar-refractivity contribution in [3.63, 3.8) is 0 Å². The molecule has 1 atom stereocenters. The largest absolute Gasteiger partial charge is 0.501 e. The van der Waals surface area contributed by atoms with Crippen LogP contribution in [0.15, 0.2) is 27.8 Å². The van der Waals surface area contributed by atoms with Gasteiger partial charge in [-0.1, -0.05) is 0 Å². The molecule has 2 rings (SSSR count). The molecule has 2 aliphatic rings. The summed E-state index contributed by atoms with van der Waals surface area (Å²) in [5, 5.41) is 9.24. The van der Waals surface area contributed by atoms with Crippen molar-refractivity contribution in [1.82, 2.24) is 0 Å². The normalized spacial score (nSPS) is 26.0. The van der Waals surface area contributed by atoms with Crippen LogP contribution in [0.4, 0.5) is 0 Å². The van der Waals surface area contributed by atoms with Crippen LogP contribution in [-0.2, 0) is 9.47 Å². The van der Waals surface area contributed by atoms with Gasteiger partial charge in [0.25, 0.3) is 0 Å². The Labute approximate surface area is 98.8 Å². The molecule has 0 radical (unpaired) electrons. The number of aliphatic hydroxyl groups excluding tert-OH is 1. The van der Waals surface area contributed by atoms with Crippen LogP contribution in [0, 0.1) is 0 Å². The summed E-state index contributed by atoms with van der Waals surface area (Å²) in [7, 11) is 0. The van der Waals surface area contributed by atoms with Gasteiger partial charge in [-0.2, -0.15) is 0 Å². The molecule has 1 N–H and O–H groups in total. The Kier molecular flexibility index (Phi) is 4.00. The monoisotopic (exact) mass is 320 g/mol. The molecule has 15 heavy (non-hydrogen) atoms. The van der Waals surface area contributed by atoms with Gasteiger partial charge in [0.2, 0.25) is 0 Å². The molecule has 2 heterocycles. The summed E-state index contributed by atoms with van der Waals surface area (Å²) in [5.74, 6) is 1.01. The molecular weight excluding hydrogens is 307 g/mol. The fourth-order valence-corrected chi connectivity index (χ4v) is 2.70. The van der Waals surface area contributed by atoms with Gasteiger partial charge in [-0.25, -0.2) is 0 Å². The predicted octanol–water partition coefficient (Wildman–Crippen LogP) is 2.75. The SMILES string of the molecule is OC1=C=IC=C(O[C@H]2CCCCO2)C=C1. The summed E-state index contributed by atoms with van der Waals surface area (Å²) in [6.45, 7) is 0.784. The van der Waals surface area contributed by atoms with E-state index in [9.17, 15) is 5.11 Å². The molecule has 0 aromatic rings. The highest BCUT2D eigenvalue weighted by atomic mass is 127. The van der Waals surface area contributed by atoms with Gasteiger partial charge in [0, 0.05) is 10.5 Å². The summed E-state index contributed by atoms with van der Waals surface area (Å²) in [6.07, 6.45) is 6.50. The first-order chi connectivity index (χ1) is 7.34. The molecule has 0 amide bonds. The zero-order chi connectivity index (χ0) is 10.5. The Hall–Kier alpha value is -0.580. The molecule has 4 heteroatoms. The third-order valence-corrected chi connectivity index (χ3v) is 3.91. The Morgan fingerprint density at radius 3 is 3.20 bits per heavy atom. The number of ether oxygens (including phenoxy) is 2. The van der Waals surface area contributed by atoms with Crippen molar-refractivity contribution in [3.8, 4) is 0 Å². The predicted molar refractivity (Wildman–Crippen MR) is 67.1 cm³/mol. The first kappa shape index (κ1) is 10.9. The molecule has 3 nitrogen and oxygen atoms in total. The third-order valence-electron chi connectivity index (χ3n) is 2.12. The molecule has 2 aliphatic heterocycles. The van der Waals surface area contributed by atoms with Gasteiger partial charge in [-0.3, -0.25) is 0 Å². The molecule has 1 fully saturated rings. The molecule has 82 valence electrons. The smallest absolute Gasteiger partial charge is 0.199 e. The Morgan fingerprint density at radius 2 is 2.40 bits per heavy atom. The Bertz CT molecular complexity index is 345. The van der Waals surface area contributed by atoms with Crippen molar-refractivity contribution in [2.75, 3.05) is 6.61 Å². The van der Waals surface area contributed by atoms with Crippen molar-refractivity contribution in [2.24, 2.45) is 0 Å². The lowest BCUT2D eigenvalue weighted by Gasteiger charge is -2.23. The minimum Gasteiger partial charge on any atom is -0.501 e. The van der Waals surface area contributed by atoms with Gasteiger partial charge in [0.15, 0.2) is 12.0 Å². The lowest BCUT2D eigenvalue weighted by atomic mass is 10.2. The Balaban J connectivity index is 1.93. The summed E-state index contributed by atoms with van der Waals surface area (Å²) >= 11 is -0.364. The number of halogens is 1. The van der Waals surface area contributed by atoms with E-state index in [2.05, 4.69) is 3.67 Å². The fourth-order valence-electron chi connectivity index (χ4n) is 1.39. The topological polar surface area (TPSA) is 38.7 Å². The lowest BCUT2D eigenvalue weighted by molar-refractivity contribution is -0.135. The first-order valence-electron chi connectivity index (χ1n) is 4.95. The van der Waals surface area contributed by atoms with Crippen LogP contribution in [0.5, 0.6) is 0 Å². The van der Waals surface area contributed by atoms with Gasteiger partial charge < -0.3 is 14.6 Å². The molecule has 1 saturated heterocycles. The van der Waals surface area contributed by atoms with Crippen LogP contribution in [0.3, 0.4) is 0 Å². The van der Waals surface area contributed by atoms with Crippen LogP contribution in [0.25, 0.3) is 0 Å². The van der Waals surface area contributed by atoms with E-state index in [1.165, 1.54) is 0 Å². The van der Waals surface area contributed by atoms with Crippen molar-refractivity contribution in [3.05, 3.63) is 27.8 Å². The summed E-state index contributed by atoms with van der Waals surface area (Å²) < 4.78 is 16.1. The third kappa shape index (κ3) is 3.48. The number of rotatable bonds is 2. The van der Waals surface area contributed by atoms with E-state index < -0.39 is 0 Å². The molecule has 0 saturated carbocycles. The van der Waals surface area contributed by atoms with Crippen LogP contribution >= 0.6 is 20.7 Å². The number of hydrogen-bond acceptors (Lipinski definition) is 3. The molecule has 0 aliphatic carbocycles. The zero-order valence-electron chi connectivity index (χ0n) is 8.28. The highest BCUT2D eigenvalue weighted by molar-refractivity contribution is 14.2. The van der Waals surface area contributed by atoms with Gasteiger partial charge in [-0.15, -0.1) is 0 Å². The maximum absolute atomic E-state index is 9.24. The van der Waals surface area contributed by atoms with Crippen molar-refractivity contribution in [2.45, 2.75) is 25.6 Å². The summed E-state index contributed by atoms with van der Waals surface area (Å²) in [5.41, 5.74) is 0. The minimum absolute atomic E-state index is 0.112. The van der Waals surface area contributed by atoms with Crippen LogP contribution in [0.2, 0.25) is 0 Å². The summed E-state index contributed by atoms with van der Waals surface area (Å²) in [4.78, 5) is 0. The fraction of sp³-hybridized carbons (Fsp3) is 0.455. The van der Waals surface area contributed by atoms with Gasteiger partial charge in [0.1, 0.15) is 5.76 Å². The van der Waals surface area contributed by atoms with E-state index in [0.717, 1.165) is 31.6 Å². The molecule has 0 aromatic heterocycles. The average molecular weight is 320 g/mol. The highest BCUT2D eigenvalue weighted by Gasteiger charge is 2.15. The standard InChI is InChI=1S/C11H13IO3/c13-9-4-5-10(8-12-7-9)15-11-3-1-2-6-14-11/h4-5,8,11,13H,1-3,6H2/t11-/m0/s1. The molecular formula is C11H13IO3. The van der Waals surface area contributed by atoms with Crippen molar-refractivity contribution < 1.29 is 14.6 Å². The first-order valence-corrected chi connectivity index (χ1v) is 7.28. The van der Waals surface area contributed by atoms with E-state index in [-0.39, 0.29) is 32.8 Å². The van der Waals surface area contributed by atoms with Crippen molar-refractivity contribution in [1.29, 1.82) is 0 Å². The van der Waals surface area contributed by atoms with Gasteiger partial charge in [-0.05, 0) is 49.4 Å². The Morgan fingerprint density at radius 1 is 1.47 bits per heavy atom. The second-order valence-electron chi connectivity index (χ2n) is 3.35. The van der Waals surface area contributed by atoms with E-state index in [1.54, 1.807) is 12.2 Å². The van der Waals surface area contributed by atoms with Crippen molar-refractivity contribution >= 4 is 24.4 Å². The zero-order valence-corrected chi connectivity index (χ0v) is 10.4.